The number of rotatable bonds is 6. The van der Waals surface area contributed by atoms with E-state index in [1.54, 1.807) is 7.05 Å². The van der Waals surface area contributed by atoms with E-state index in [2.05, 4.69) is 31.2 Å². The highest BCUT2D eigenvalue weighted by Gasteiger charge is 2.20. The van der Waals surface area contributed by atoms with Gasteiger partial charge >= 0.3 is 5.69 Å². The Hall–Kier alpha value is -2.50. The molecular weight excluding hydrogens is 498 g/mol. The van der Waals surface area contributed by atoms with Crippen LogP contribution in [-0.4, -0.2) is 50.0 Å². The minimum Gasteiger partial charge on any atom is -0.376 e. The maximum absolute atomic E-state index is 12.9. The summed E-state index contributed by atoms with van der Waals surface area (Å²) >= 11 is 4.55. The molecule has 2 aromatic heterocycles. The van der Waals surface area contributed by atoms with Gasteiger partial charge in [0, 0.05) is 37.3 Å². The molecule has 1 amide bonds. The van der Waals surface area contributed by atoms with Crippen molar-refractivity contribution in [1.82, 2.24) is 24.4 Å². The molecular formula is C21H22BrN5O4S. The molecule has 1 fully saturated rings. The Balaban J connectivity index is 1.70. The third-order valence-electron chi connectivity index (χ3n) is 5.26. The number of carbonyl (C=O) groups excluding carboxylic acids is 1. The van der Waals surface area contributed by atoms with Crippen LogP contribution >= 0.6 is 27.7 Å². The molecule has 1 aromatic carbocycles. The molecule has 0 unspecified atom stereocenters. The predicted molar refractivity (Wildman–Crippen MR) is 126 cm³/mol. The number of benzene rings is 1. The molecule has 4 rings (SSSR count). The molecule has 1 aliphatic heterocycles. The van der Waals surface area contributed by atoms with Crippen LogP contribution in [0.25, 0.3) is 22.4 Å². The highest BCUT2D eigenvalue weighted by Crippen LogP contribution is 2.26. The van der Waals surface area contributed by atoms with E-state index in [1.165, 1.54) is 11.6 Å². The molecule has 1 aliphatic rings. The molecule has 1 atom stereocenters. The maximum Gasteiger partial charge on any atom is 0.332 e. The van der Waals surface area contributed by atoms with Crippen LogP contribution in [0.3, 0.4) is 0 Å². The number of nitrogens with one attached hydrogen (secondary N) is 1. The highest BCUT2D eigenvalue weighted by molar-refractivity contribution is 9.10. The first-order chi connectivity index (χ1) is 15.3. The molecule has 0 spiro atoms. The Bertz CT molecular complexity index is 1280. The molecule has 0 bridgehead atoms. The molecule has 0 aliphatic carbocycles. The topological polar surface area (TPSA) is 108 Å². The number of aryl methyl sites for hydroxylation is 1. The number of fused-ring (bicyclic) bond motifs is 1. The lowest BCUT2D eigenvalue weighted by Crippen LogP contribution is -2.38. The predicted octanol–water partition coefficient (Wildman–Crippen LogP) is 1.84. The first-order valence-electron chi connectivity index (χ1n) is 10.1. The Morgan fingerprint density at radius 3 is 2.66 bits per heavy atom. The van der Waals surface area contributed by atoms with Crippen molar-refractivity contribution in [3.05, 3.63) is 49.6 Å². The molecule has 9 nitrogen and oxygen atoms in total. The minimum absolute atomic E-state index is 0.0506. The number of hydrogen-bond acceptors (Lipinski definition) is 7. The number of nitrogens with zero attached hydrogens (tertiary/aromatic N) is 4. The SMILES string of the molecule is Cn1c(=O)c2c(SCC(=O)NC[C@@H]3CCCO3)nc(-c3ccc(Br)cc3)nc2n(C)c1=O. The molecule has 1 saturated heterocycles. The van der Waals surface area contributed by atoms with E-state index in [1.807, 2.05) is 24.3 Å². The molecule has 1 N–H and O–H groups in total. The second kappa shape index (κ2) is 9.55. The standard InChI is InChI=1S/C21H22BrN5O4S/c1-26-18-16(20(29)27(2)21(26)30)19(25-17(24-18)12-5-7-13(22)8-6-12)32-11-15(28)23-10-14-4-3-9-31-14/h5-8,14H,3-4,9-11H2,1-2H3,(H,23,28)/t14-/m0/s1. The smallest absolute Gasteiger partial charge is 0.332 e. The van der Waals surface area contributed by atoms with Crippen LogP contribution in [0.15, 0.2) is 43.4 Å². The Labute approximate surface area is 196 Å². The highest BCUT2D eigenvalue weighted by atomic mass is 79.9. The maximum atomic E-state index is 12.9. The van der Waals surface area contributed by atoms with Gasteiger partial charge < -0.3 is 10.1 Å². The van der Waals surface area contributed by atoms with E-state index in [0.717, 1.165) is 45.8 Å². The average molecular weight is 520 g/mol. The van der Waals surface area contributed by atoms with Gasteiger partial charge in [-0.15, -0.1) is 0 Å². The summed E-state index contributed by atoms with van der Waals surface area (Å²) in [4.78, 5) is 46.8. The van der Waals surface area contributed by atoms with E-state index >= 15 is 0 Å². The first-order valence-corrected chi connectivity index (χ1v) is 11.9. The Kier molecular flexibility index (Phi) is 6.77. The summed E-state index contributed by atoms with van der Waals surface area (Å²) in [5.41, 5.74) is -0.0119. The number of aromatic nitrogens is 4. The normalized spacial score (nSPS) is 15.9. The Morgan fingerprint density at radius 2 is 1.97 bits per heavy atom. The van der Waals surface area contributed by atoms with Gasteiger partial charge in [0.05, 0.1) is 11.9 Å². The van der Waals surface area contributed by atoms with Crippen molar-refractivity contribution in [2.75, 3.05) is 18.9 Å². The van der Waals surface area contributed by atoms with Crippen molar-refractivity contribution in [3.63, 3.8) is 0 Å². The van der Waals surface area contributed by atoms with Crippen molar-refractivity contribution in [3.8, 4) is 11.4 Å². The summed E-state index contributed by atoms with van der Waals surface area (Å²) in [5, 5.41) is 3.44. The van der Waals surface area contributed by atoms with Gasteiger partial charge in [0.25, 0.3) is 5.56 Å². The summed E-state index contributed by atoms with van der Waals surface area (Å²) in [7, 11) is 2.97. The van der Waals surface area contributed by atoms with Crippen molar-refractivity contribution >= 4 is 44.6 Å². The fraction of sp³-hybridized carbons (Fsp3) is 0.381. The molecule has 3 heterocycles. The van der Waals surface area contributed by atoms with E-state index < -0.39 is 11.2 Å². The van der Waals surface area contributed by atoms with E-state index in [9.17, 15) is 14.4 Å². The largest absolute Gasteiger partial charge is 0.376 e. The zero-order valence-corrected chi connectivity index (χ0v) is 20.0. The number of amides is 1. The van der Waals surface area contributed by atoms with Crippen LogP contribution in [0.2, 0.25) is 0 Å². The lowest BCUT2D eigenvalue weighted by Gasteiger charge is -2.13. The molecule has 0 saturated carbocycles. The van der Waals surface area contributed by atoms with Gasteiger partial charge in [0.2, 0.25) is 5.91 Å². The second-order valence-corrected chi connectivity index (χ2v) is 9.37. The lowest BCUT2D eigenvalue weighted by molar-refractivity contribution is -0.119. The Morgan fingerprint density at radius 1 is 1.22 bits per heavy atom. The fourth-order valence-corrected chi connectivity index (χ4v) is 4.59. The zero-order chi connectivity index (χ0) is 22.8. The minimum atomic E-state index is -0.493. The van der Waals surface area contributed by atoms with Crippen LogP contribution < -0.4 is 16.6 Å². The quantitative estimate of drug-likeness (QED) is 0.391. The number of halogens is 1. The first kappa shape index (κ1) is 22.7. The van der Waals surface area contributed by atoms with Crippen molar-refractivity contribution in [2.24, 2.45) is 14.1 Å². The van der Waals surface area contributed by atoms with Gasteiger partial charge in [-0.05, 0) is 25.0 Å². The zero-order valence-electron chi connectivity index (χ0n) is 17.6. The number of hydrogen-bond donors (Lipinski definition) is 1. The summed E-state index contributed by atoms with van der Waals surface area (Å²) < 4.78 is 8.77. The summed E-state index contributed by atoms with van der Waals surface area (Å²) in [6.07, 6.45) is 1.99. The number of carbonyl (C=O) groups is 1. The van der Waals surface area contributed by atoms with Gasteiger partial charge in [0.15, 0.2) is 11.5 Å². The van der Waals surface area contributed by atoms with Crippen molar-refractivity contribution in [2.45, 2.75) is 24.0 Å². The van der Waals surface area contributed by atoms with Gasteiger partial charge in [0.1, 0.15) is 10.4 Å². The van der Waals surface area contributed by atoms with Crippen LogP contribution in [-0.2, 0) is 23.6 Å². The van der Waals surface area contributed by atoms with Crippen molar-refractivity contribution in [1.29, 1.82) is 0 Å². The summed E-state index contributed by atoms with van der Waals surface area (Å²) in [6.45, 7) is 1.19. The molecule has 11 heteroatoms. The fourth-order valence-electron chi connectivity index (χ4n) is 3.48. The van der Waals surface area contributed by atoms with Crippen LogP contribution in [0.5, 0.6) is 0 Å². The van der Waals surface area contributed by atoms with Gasteiger partial charge in [-0.2, -0.15) is 0 Å². The second-order valence-electron chi connectivity index (χ2n) is 7.49. The monoisotopic (exact) mass is 519 g/mol. The number of thioether (sulfide) groups is 1. The summed E-state index contributed by atoms with van der Waals surface area (Å²) in [5.74, 6) is 0.268. The van der Waals surface area contributed by atoms with Gasteiger partial charge in [-0.25, -0.2) is 14.8 Å². The van der Waals surface area contributed by atoms with Crippen LogP contribution in [0.1, 0.15) is 12.8 Å². The van der Waals surface area contributed by atoms with Crippen LogP contribution in [0, 0.1) is 0 Å². The van der Waals surface area contributed by atoms with Crippen molar-refractivity contribution < 1.29 is 9.53 Å². The third kappa shape index (κ3) is 4.64. The van der Waals surface area contributed by atoms with E-state index in [0.29, 0.717) is 17.4 Å². The van der Waals surface area contributed by atoms with Gasteiger partial charge in [-0.3, -0.25) is 18.7 Å². The molecule has 3 aromatic rings. The van der Waals surface area contributed by atoms with Crippen LogP contribution in [0.4, 0.5) is 0 Å². The molecule has 0 radical (unpaired) electrons. The molecule has 168 valence electrons. The van der Waals surface area contributed by atoms with Gasteiger partial charge in [-0.1, -0.05) is 39.8 Å². The lowest BCUT2D eigenvalue weighted by atomic mass is 10.2. The van der Waals surface area contributed by atoms with E-state index in [-0.39, 0.29) is 28.8 Å². The molecule has 32 heavy (non-hydrogen) atoms. The third-order valence-corrected chi connectivity index (χ3v) is 6.76. The number of ether oxygens (including phenoxy) is 1. The van der Waals surface area contributed by atoms with E-state index in [4.69, 9.17) is 4.74 Å². The average Bonchev–Trinajstić information content (AvgIpc) is 3.32. The summed E-state index contributed by atoms with van der Waals surface area (Å²) in [6, 6.07) is 7.40.